The number of thiophene rings is 1. The van der Waals surface area contributed by atoms with Crippen molar-refractivity contribution in [2.45, 2.75) is 27.0 Å². The zero-order valence-electron chi connectivity index (χ0n) is 15.2. The minimum atomic E-state index is -0.510. The number of carbonyl (C=O) groups excluding carboxylic acids is 1. The molecule has 0 radical (unpaired) electrons. The molecule has 1 aromatic carbocycles. The maximum atomic E-state index is 12.8. The lowest BCUT2D eigenvalue weighted by atomic mass is 10.1. The third kappa shape index (κ3) is 3.50. The largest absolute Gasteiger partial charge is 0.459 e. The molecule has 28 heavy (non-hydrogen) atoms. The SMILES string of the molecule is Cc1cc(C)c2c(n1)sc1c(=O)n(CC(=O)OCc3ccc(Cl)cc3)cnc12. The highest BCUT2D eigenvalue weighted by atomic mass is 35.5. The van der Waals surface area contributed by atoms with Crippen LogP contribution in [0.2, 0.25) is 5.02 Å². The van der Waals surface area contributed by atoms with Gasteiger partial charge in [-0.3, -0.25) is 14.2 Å². The molecule has 0 aliphatic carbocycles. The van der Waals surface area contributed by atoms with Gasteiger partial charge in [-0.25, -0.2) is 9.97 Å². The summed E-state index contributed by atoms with van der Waals surface area (Å²) in [5.41, 5.74) is 3.10. The normalized spacial score (nSPS) is 11.2. The van der Waals surface area contributed by atoms with Crippen molar-refractivity contribution >= 4 is 49.3 Å². The van der Waals surface area contributed by atoms with E-state index in [0.29, 0.717) is 15.2 Å². The molecule has 0 saturated heterocycles. The minimum Gasteiger partial charge on any atom is -0.459 e. The predicted octanol–water partition coefficient (Wildman–Crippen LogP) is 4.02. The summed E-state index contributed by atoms with van der Waals surface area (Å²) in [5, 5.41) is 1.50. The molecule has 0 aliphatic rings. The second kappa shape index (κ2) is 7.33. The Labute approximate surface area is 169 Å². The lowest BCUT2D eigenvalue weighted by Gasteiger charge is -2.07. The lowest BCUT2D eigenvalue weighted by molar-refractivity contribution is -0.145. The van der Waals surface area contributed by atoms with Gasteiger partial charge in [0.1, 0.15) is 22.7 Å². The van der Waals surface area contributed by atoms with E-state index in [0.717, 1.165) is 27.0 Å². The van der Waals surface area contributed by atoms with E-state index in [1.807, 2.05) is 19.9 Å². The zero-order valence-corrected chi connectivity index (χ0v) is 16.8. The number of hydrogen-bond acceptors (Lipinski definition) is 6. The fourth-order valence-electron chi connectivity index (χ4n) is 3.04. The van der Waals surface area contributed by atoms with Gasteiger partial charge in [0, 0.05) is 16.1 Å². The van der Waals surface area contributed by atoms with Crippen LogP contribution in [0.4, 0.5) is 0 Å². The maximum Gasteiger partial charge on any atom is 0.326 e. The third-order valence-corrected chi connectivity index (χ3v) is 5.67. The smallest absolute Gasteiger partial charge is 0.326 e. The third-order valence-electron chi connectivity index (χ3n) is 4.36. The molecule has 3 aromatic heterocycles. The van der Waals surface area contributed by atoms with Gasteiger partial charge in [0.2, 0.25) is 0 Å². The van der Waals surface area contributed by atoms with Crippen molar-refractivity contribution in [3.05, 3.63) is 68.9 Å². The maximum absolute atomic E-state index is 12.8. The minimum absolute atomic E-state index is 0.117. The van der Waals surface area contributed by atoms with E-state index in [4.69, 9.17) is 16.3 Å². The average molecular weight is 414 g/mol. The summed E-state index contributed by atoms with van der Waals surface area (Å²) in [6.45, 7) is 3.81. The van der Waals surface area contributed by atoms with Crippen LogP contribution in [0, 0.1) is 13.8 Å². The Morgan fingerprint density at radius 3 is 2.75 bits per heavy atom. The Bertz CT molecular complexity index is 1260. The number of hydrogen-bond donors (Lipinski definition) is 0. The van der Waals surface area contributed by atoms with Crippen molar-refractivity contribution in [3.63, 3.8) is 0 Å². The Hall–Kier alpha value is -2.77. The lowest BCUT2D eigenvalue weighted by Crippen LogP contribution is -2.25. The Morgan fingerprint density at radius 2 is 2.00 bits per heavy atom. The van der Waals surface area contributed by atoms with Crippen LogP contribution >= 0.6 is 22.9 Å². The van der Waals surface area contributed by atoms with Gasteiger partial charge < -0.3 is 4.74 Å². The molecular formula is C20H16ClN3O3S. The van der Waals surface area contributed by atoms with E-state index in [9.17, 15) is 9.59 Å². The highest BCUT2D eigenvalue weighted by molar-refractivity contribution is 7.25. The van der Waals surface area contributed by atoms with Gasteiger partial charge in [-0.15, -0.1) is 11.3 Å². The van der Waals surface area contributed by atoms with Gasteiger partial charge in [0.05, 0.1) is 11.8 Å². The van der Waals surface area contributed by atoms with Crippen LogP contribution in [0.1, 0.15) is 16.8 Å². The molecule has 0 fully saturated rings. The number of benzene rings is 1. The Kier molecular flexibility index (Phi) is 4.87. The molecule has 4 aromatic rings. The first kappa shape index (κ1) is 18.6. The summed E-state index contributed by atoms with van der Waals surface area (Å²) in [5.74, 6) is -0.510. The topological polar surface area (TPSA) is 74.1 Å². The molecule has 4 rings (SSSR count). The number of ether oxygens (including phenoxy) is 1. The molecule has 0 unspecified atom stereocenters. The van der Waals surface area contributed by atoms with Gasteiger partial charge in [-0.2, -0.15) is 0 Å². The fraction of sp³-hybridized carbons (Fsp3) is 0.200. The van der Waals surface area contributed by atoms with Crippen molar-refractivity contribution < 1.29 is 9.53 Å². The molecule has 142 valence electrons. The van der Waals surface area contributed by atoms with Crippen LogP contribution in [0.25, 0.3) is 20.4 Å². The van der Waals surface area contributed by atoms with E-state index < -0.39 is 5.97 Å². The van der Waals surface area contributed by atoms with Gasteiger partial charge in [-0.05, 0) is 43.2 Å². The molecule has 3 heterocycles. The molecule has 0 spiro atoms. The highest BCUT2D eigenvalue weighted by Gasteiger charge is 2.16. The summed E-state index contributed by atoms with van der Waals surface area (Å²) >= 11 is 7.14. The van der Waals surface area contributed by atoms with Crippen LogP contribution in [-0.4, -0.2) is 20.5 Å². The van der Waals surface area contributed by atoms with Gasteiger partial charge in [-0.1, -0.05) is 23.7 Å². The molecule has 0 aliphatic heterocycles. The summed E-state index contributed by atoms with van der Waals surface area (Å²) in [6.07, 6.45) is 1.39. The van der Waals surface area contributed by atoms with Gasteiger partial charge in [0.25, 0.3) is 5.56 Å². The van der Waals surface area contributed by atoms with Crippen molar-refractivity contribution in [2.24, 2.45) is 0 Å². The molecular weight excluding hydrogens is 398 g/mol. The van der Waals surface area contributed by atoms with Crippen molar-refractivity contribution in [3.8, 4) is 0 Å². The van der Waals surface area contributed by atoms with Crippen LogP contribution < -0.4 is 5.56 Å². The Morgan fingerprint density at radius 1 is 1.25 bits per heavy atom. The number of aromatic nitrogens is 3. The number of pyridine rings is 1. The van der Waals surface area contributed by atoms with Gasteiger partial charge >= 0.3 is 5.97 Å². The average Bonchev–Trinajstić information content (AvgIpc) is 3.03. The molecule has 0 atom stereocenters. The molecule has 0 saturated carbocycles. The quantitative estimate of drug-likeness (QED) is 0.472. The zero-order chi connectivity index (χ0) is 19.8. The molecule has 0 N–H and O–H groups in total. The number of fused-ring (bicyclic) bond motifs is 3. The molecule has 6 nitrogen and oxygen atoms in total. The highest BCUT2D eigenvalue weighted by Crippen LogP contribution is 2.31. The van der Waals surface area contributed by atoms with Crippen molar-refractivity contribution in [1.82, 2.24) is 14.5 Å². The number of esters is 1. The standard InChI is InChI=1S/C20H16ClN3O3S/c1-11-7-12(2)23-19-16(11)17-18(28-19)20(26)24(10-22-17)8-15(25)27-9-13-3-5-14(21)6-4-13/h3-7,10H,8-9H2,1-2H3. The summed E-state index contributed by atoms with van der Waals surface area (Å²) in [7, 11) is 0. The first-order chi connectivity index (χ1) is 13.4. The van der Waals surface area contributed by atoms with Crippen molar-refractivity contribution in [2.75, 3.05) is 0 Å². The fourth-order valence-corrected chi connectivity index (χ4v) is 4.37. The first-order valence-electron chi connectivity index (χ1n) is 8.58. The van der Waals surface area contributed by atoms with E-state index in [2.05, 4.69) is 9.97 Å². The first-order valence-corrected chi connectivity index (χ1v) is 9.78. The van der Waals surface area contributed by atoms with E-state index in [1.54, 1.807) is 24.3 Å². The number of halogens is 1. The van der Waals surface area contributed by atoms with Gasteiger partial charge in [0.15, 0.2) is 0 Å². The second-order valence-corrected chi connectivity index (χ2v) is 7.94. The van der Waals surface area contributed by atoms with Crippen molar-refractivity contribution in [1.29, 1.82) is 0 Å². The molecule has 0 bridgehead atoms. The van der Waals surface area contributed by atoms with Crippen LogP contribution in [-0.2, 0) is 22.7 Å². The molecule has 0 amide bonds. The monoisotopic (exact) mass is 413 g/mol. The van der Waals surface area contributed by atoms with Crippen LogP contribution in [0.3, 0.4) is 0 Å². The van der Waals surface area contributed by atoms with E-state index >= 15 is 0 Å². The number of rotatable bonds is 4. The number of aryl methyl sites for hydroxylation is 2. The summed E-state index contributed by atoms with van der Waals surface area (Å²) < 4.78 is 7.01. The van der Waals surface area contributed by atoms with E-state index in [1.165, 1.54) is 22.2 Å². The second-order valence-electron chi connectivity index (χ2n) is 6.51. The number of carbonyl (C=O) groups is 1. The summed E-state index contributed by atoms with van der Waals surface area (Å²) in [4.78, 5) is 34.7. The Balaban J connectivity index is 1.58. The van der Waals surface area contributed by atoms with Crippen LogP contribution in [0.15, 0.2) is 41.5 Å². The number of nitrogens with zero attached hydrogens (tertiary/aromatic N) is 3. The predicted molar refractivity (Wildman–Crippen MR) is 110 cm³/mol. The molecule has 8 heteroatoms. The summed E-state index contributed by atoms with van der Waals surface area (Å²) in [6, 6.07) is 8.99. The van der Waals surface area contributed by atoms with Crippen LogP contribution in [0.5, 0.6) is 0 Å². The van der Waals surface area contributed by atoms with E-state index in [-0.39, 0.29) is 18.7 Å².